The molecule has 3 unspecified atom stereocenters. The molecule has 0 N–H and O–H groups in total. The number of nitrogens with zero attached hydrogens (tertiary/aromatic N) is 1. The molecule has 0 aliphatic carbocycles. The highest BCUT2D eigenvalue weighted by molar-refractivity contribution is 5.66. The van der Waals surface area contributed by atoms with Crippen LogP contribution >= 0.6 is 0 Å². The third kappa shape index (κ3) is 7.31. The van der Waals surface area contributed by atoms with Gasteiger partial charge in [0.05, 0.1) is 6.61 Å². The fourth-order valence-electron chi connectivity index (χ4n) is 3.41. The van der Waals surface area contributed by atoms with E-state index >= 15 is 0 Å². The van der Waals surface area contributed by atoms with Crippen LogP contribution in [0.3, 0.4) is 0 Å². The maximum Gasteiger partial charge on any atom is 0.303 e. The maximum atomic E-state index is 11.6. The highest BCUT2D eigenvalue weighted by atomic mass is 16.6. The summed E-state index contributed by atoms with van der Waals surface area (Å²) >= 11 is 0. The third-order valence-electron chi connectivity index (χ3n) is 4.64. The second-order valence-electron chi connectivity index (χ2n) is 7.08. The number of piperidine rings is 1. The van der Waals surface area contributed by atoms with E-state index in [9.17, 15) is 9.59 Å². The summed E-state index contributed by atoms with van der Waals surface area (Å²) in [5, 5.41) is 0. The molecule has 6 heteroatoms. The van der Waals surface area contributed by atoms with E-state index in [1.807, 2.05) is 18.2 Å². The smallest absolute Gasteiger partial charge is 0.303 e. The maximum absolute atomic E-state index is 11.6. The molecule has 0 spiro atoms. The number of carbonyl (C=O) groups excluding carboxylic acids is 2. The van der Waals surface area contributed by atoms with Crippen LogP contribution in [0.4, 0.5) is 0 Å². The Balaban J connectivity index is 2.13. The van der Waals surface area contributed by atoms with Crippen molar-refractivity contribution in [2.45, 2.75) is 52.4 Å². The van der Waals surface area contributed by atoms with Gasteiger partial charge in [0.25, 0.3) is 0 Å². The van der Waals surface area contributed by atoms with Gasteiger partial charge in [0, 0.05) is 46.0 Å². The number of hydrogen-bond acceptors (Lipinski definition) is 6. The van der Waals surface area contributed by atoms with Crippen LogP contribution in [0.2, 0.25) is 0 Å². The van der Waals surface area contributed by atoms with Crippen molar-refractivity contribution in [2.24, 2.45) is 5.92 Å². The first kappa shape index (κ1) is 21.4. The highest BCUT2D eigenvalue weighted by Crippen LogP contribution is 2.25. The number of rotatable bonds is 9. The zero-order valence-electron chi connectivity index (χ0n) is 16.6. The fraction of sp³-hybridized carbons (Fsp3) is 0.619. The summed E-state index contributed by atoms with van der Waals surface area (Å²) in [5.74, 6) is -0.796. The molecule has 27 heavy (non-hydrogen) atoms. The lowest BCUT2D eigenvalue weighted by atomic mass is 9.92. The van der Waals surface area contributed by atoms with E-state index in [0.717, 1.165) is 19.4 Å². The van der Waals surface area contributed by atoms with Gasteiger partial charge in [0.2, 0.25) is 0 Å². The second kappa shape index (κ2) is 11.0. The predicted octanol–water partition coefficient (Wildman–Crippen LogP) is 2.80. The molecule has 3 atom stereocenters. The zero-order chi connectivity index (χ0) is 19.6. The van der Waals surface area contributed by atoms with Crippen molar-refractivity contribution >= 4 is 11.9 Å². The van der Waals surface area contributed by atoms with Gasteiger partial charge in [-0.2, -0.15) is 0 Å². The minimum atomic E-state index is -0.411. The minimum Gasteiger partial charge on any atom is -0.465 e. The van der Waals surface area contributed by atoms with Crippen molar-refractivity contribution in [3.05, 3.63) is 35.9 Å². The Labute approximate surface area is 161 Å². The molecule has 0 aromatic heterocycles. The molecule has 1 heterocycles. The van der Waals surface area contributed by atoms with Gasteiger partial charge in [0.1, 0.15) is 12.2 Å². The van der Waals surface area contributed by atoms with Crippen LogP contribution in [0, 0.1) is 5.92 Å². The van der Waals surface area contributed by atoms with Gasteiger partial charge < -0.3 is 14.2 Å². The van der Waals surface area contributed by atoms with Gasteiger partial charge in [-0.05, 0) is 12.0 Å². The Kier molecular flexibility index (Phi) is 8.75. The van der Waals surface area contributed by atoms with Crippen molar-refractivity contribution in [2.75, 3.05) is 26.3 Å². The summed E-state index contributed by atoms with van der Waals surface area (Å²) in [7, 11) is 0. The molecule has 0 amide bonds. The minimum absolute atomic E-state index is 0.123. The summed E-state index contributed by atoms with van der Waals surface area (Å²) in [6, 6.07) is 10.2. The average molecular weight is 377 g/mol. The van der Waals surface area contributed by atoms with E-state index in [2.05, 4.69) is 24.0 Å². The van der Waals surface area contributed by atoms with Crippen LogP contribution < -0.4 is 0 Å². The first-order valence-corrected chi connectivity index (χ1v) is 9.68. The number of carbonyl (C=O) groups is 2. The summed E-state index contributed by atoms with van der Waals surface area (Å²) in [5.41, 5.74) is 1.21. The largest absolute Gasteiger partial charge is 0.465 e. The molecule has 1 aromatic rings. The molecular formula is C21H31NO5. The van der Waals surface area contributed by atoms with Crippen molar-refractivity contribution in [3.63, 3.8) is 0 Å². The Morgan fingerprint density at radius 2 is 1.85 bits per heavy atom. The molecule has 1 aliphatic heterocycles. The normalized spacial score (nSPS) is 23.0. The summed E-state index contributed by atoms with van der Waals surface area (Å²) in [6.45, 7) is 7.87. The zero-order valence-corrected chi connectivity index (χ0v) is 16.6. The van der Waals surface area contributed by atoms with Gasteiger partial charge in [-0.25, -0.2) is 0 Å². The highest BCUT2D eigenvalue weighted by Gasteiger charge is 2.40. The van der Waals surface area contributed by atoms with Crippen molar-refractivity contribution in [1.82, 2.24) is 4.90 Å². The van der Waals surface area contributed by atoms with Crippen LogP contribution in [0.5, 0.6) is 0 Å². The SMILES string of the molecule is CCCCOC1CN(Cc2ccccc2)CC(COC(C)=O)C1OC(C)=O. The molecule has 0 radical (unpaired) electrons. The van der Waals surface area contributed by atoms with E-state index < -0.39 is 6.10 Å². The second-order valence-corrected chi connectivity index (χ2v) is 7.08. The topological polar surface area (TPSA) is 65.1 Å². The molecule has 0 bridgehead atoms. The monoisotopic (exact) mass is 377 g/mol. The Hall–Kier alpha value is -1.92. The van der Waals surface area contributed by atoms with Crippen molar-refractivity contribution in [3.8, 4) is 0 Å². The van der Waals surface area contributed by atoms with E-state index in [1.165, 1.54) is 19.4 Å². The van der Waals surface area contributed by atoms with E-state index in [4.69, 9.17) is 14.2 Å². The molecule has 6 nitrogen and oxygen atoms in total. The molecule has 0 saturated carbocycles. The van der Waals surface area contributed by atoms with Gasteiger partial charge in [-0.15, -0.1) is 0 Å². The number of likely N-dealkylation sites (tertiary alicyclic amines) is 1. The van der Waals surface area contributed by atoms with Crippen LogP contribution in [0.25, 0.3) is 0 Å². The Morgan fingerprint density at radius 3 is 2.48 bits per heavy atom. The van der Waals surface area contributed by atoms with Crippen LogP contribution in [0.1, 0.15) is 39.2 Å². The van der Waals surface area contributed by atoms with E-state index in [1.54, 1.807) is 0 Å². The van der Waals surface area contributed by atoms with Gasteiger partial charge >= 0.3 is 11.9 Å². The van der Waals surface area contributed by atoms with Gasteiger partial charge in [-0.1, -0.05) is 43.7 Å². The quantitative estimate of drug-likeness (QED) is 0.487. The van der Waals surface area contributed by atoms with Gasteiger partial charge in [0.15, 0.2) is 0 Å². The van der Waals surface area contributed by atoms with Crippen molar-refractivity contribution in [1.29, 1.82) is 0 Å². The molecule has 1 saturated heterocycles. The lowest BCUT2D eigenvalue weighted by molar-refractivity contribution is -0.176. The molecule has 150 valence electrons. The van der Waals surface area contributed by atoms with Gasteiger partial charge in [-0.3, -0.25) is 14.5 Å². The molecular weight excluding hydrogens is 346 g/mol. The number of unbranched alkanes of at least 4 members (excludes halogenated alkanes) is 1. The van der Waals surface area contributed by atoms with Crippen LogP contribution in [-0.4, -0.2) is 55.3 Å². The number of hydrogen-bond donors (Lipinski definition) is 0. The van der Waals surface area contributed by atoms with Crippen molar-refractivity contribution < 1.29 is 23.8 Å². The molecule has 1 fully saturated rings. The van der Waals surface area contributed by atoms with E-state index in [-0.39, 0.29) is 30.6 Å². The molecule has 2 rings (SSSR count). The Bertz CT molecular complexity index is 591. The third-order valence-corrected chi connectivity index (χ3v) is 4.64. The summed E-state index contributed by atoms with van der Waals surface area (Å²) in [4.78, 5) is 25.2. The number of esters is 2. The molecule has 1 aromatic carbocycles. The standard InChI is InChI=1S/C21H31NO5/c1-4-5-11-25-20-14-22(12-18-9-7-6-8-10-18)13-19(15-26-16(2)23)21(20)27-17(3)24/h6-10,19-21H,4-5,11-15H2,1-3H3. The molecule has 1 aliphatic rings. The average Bonchev–Trinajstić information content (AvgIpc) is 2.63. The summed E-state index contributed by atoms with van der Waals surface area (Å²) < 4.78 is 16.9. The Morgan fingerprint density at radius 1 is 1.11 bits per heavy atom. The number of ether oxygens (including phenoxy) is 3. The first-order chi connectivity index (χ1) is 13.0. The lowest BCUT2D eigenvalue weighted by Gasteiger charge is -2.42. The fourth-order valence-corrected chi connectivity index (χ4v) is 3.41. The summed E-state index contributed by atoms with van der Waals surface area (Å²) in [6.07, 6.45) is 1.34. The van der Waals surface area contributed by atoms with E-state index in [0.29, 0.717) is 19.7 Å². The van der Waals surface area contributed by atoms with Crippen LogP contribution in [0.15, 0.2) is 30.3 Å². The number of benzene rings is 1. The van der Waals surface area contributed by atoms with Crippen LogP contribution in [-0.2, 0) is 30.3 Å². The lowest BCUT2D eigenvalue weighted by Crippen LogP contribution is -2.56. The predicted molar refractivity (Wildman–Crippen MR) is 102 cm³/mol. The first-order valence-electron chi connectivity index (χ1n) is 9.68.